The number of thioether (sulfide) groups is 1. The van der Waals surface area contributed by atoms with Crippen LogP contribution in [-0.4, -0.2) is 37.4 Å². The summed E-state index contributed by atoms with van der Waals surface area (Å²) in [5.74, 6) is -0.134. The Hall–Kier alpha value is -2.28. The van der Waals surface area contributed by atoms with E-state index in [9.17, 15) is 4.79 Å². The third-order valence-electron chi connectivity index (χ3n) is 5.03. The van der Waals surface area contributed by atoms with Crippen molar-refractivity contribution in [1.29, 1.82) is 0 Å². The summed E-state index contributed by atoms with van der Waals surface area (Å²) in [6, 6.07) is 11.9. The molecule has 0 aromatic heterocycles. The molecule has 4 rings (SSSR count). The minimum absolute atomic E-state index is 0.134. The highest BCUT2D eigenvalue weighted by molar-refractivity contribution is 8.18. The molecular formula is C22H22ClN3O2S. The molecule has 2 aromatic rings. The summed E-state index contributed by atoms with van der Waals surface area (Å²) in [6.45, 7) is 7.31. The van der Waals surface area contributed by atoms with Crippen LogP contribution in [-0.2, 0) is 9.53 Å². The molecule has 0 bridgehead atoms. The SMILES string of the molecule is Cc1cc(N2CCOCC2)ccc1/C=C1/SC(=Nc2cccc(Cl)c2C)NC1=O. The number of carbonyl (C=O) groups excluding carboxylic acids is 1. The third kappa shape index (κ3) is 4.50. The van der Waals surface area contributed by atoms with Gasteiger partial charge in [0.05, 0.1) is 23.8 Å². The first-order chi connectivity index (χ1) is 14.0. The maximum atomic E-state index is 12.4. The van der Waals surface area contributed by atoms with E-state index in [1.807, 2.05) is 31.2 Å². The van der Waals surface area contributed by atoms with Gasteiger partial charge in [-0.05, 0) is 72.6 Å². The van der Waals surface area contributed by atoms with Crippen molar-refractivity contribution in [3.63, 3.8) is 0 Å². The minimum atomic E-state index is -0.134. The number of hydrogen-bond donors (Lipinski definition) is 1. The molecule has 0 saturated carbocycles. The smallest absolute Gasteiger partial charge is 0.264 e. The molecule has 2 saturated heterocycles. The Kier molecular flexibility index (Phi) is 5.94. The number of morpholine rings is 1. The molecule has 2 aromatic carbocycles. The zero-order valence-electron chi connectivity index (χ0n) is 16.4. The van der Waals surface area contributed by atoms with Gasteiger partial charge < -0.3 is 15.0 Å². The van der Waals surface area contributed by atoms with Crippen molar-refractivity contribution in [2.75, 3.05) is 31.2 Å². The molecule has 5 nitrogen and oxygen atoms in total. The highest BCUT2D eigenvalue weighted by Gasteiger charge is 2.24. The van der Waals surface area contributed by atoms with Crippen LogP contribution in [0.2, 0.25) is 5.02 Å². The second-order valence-electron chi connectivity index (χ2n) is 7.01. The number of rotatable bonds is 3. The molecular weight excluding hydrogens is 406 g/mol. The van der Waals surface area contributed by atoms with Gasteiger partial charge in [-0.2, -0.15) is 0 Å². The van der Waals surface area contributed by atoms with Crippen LogP contribution in [0.4, 0.5) is 11.4 Å². The van der Waals surface area contributed by atoms with Crippen molar-refractivity contribution in [1.82, 2.24) is 5.32 Å². The highest BCUT2D eigenvalue weighted by Crippen LogP contribution is 2.32. The Morgan fingerprint density at radius 1 is 1.21 bits per heavy atom. The number of nitrogens with zero attached hydrogens (tertiary/aromatic N) is 2. The summed E-state index contributed by atoms with van der Waals surface area (Å²) in [5, 5.41) is 4.07. The number of aryl methyl sites for hydroxylation is 1. The lowest BCUT2D eigenvalue weighted by Crippen LogP contribution is -2.36. The lowest BCUT2D eigenvalue weighted by atomic mass is 10.1. The average molecular weight is 428 g/mol. The van der Waals surface area contributed by atoms with E-state index in [2.05, 4.69) is 40.3 Å². The molecule has 29 heavy (non-hydrogen) atoms. The number of benzene rings is 2. The van der Waals surface area contributed by atoms with E-state index in [1.54, 1.807) is 0 Å². The lowest BCUT2D eigenvalue weighted by Gasteiger charge is -2.29. The summed E-state index contributed by atoms with van der Waals surface area (Å²) in [5.41, 5.74) is 5.00. The largest absolute Gasteiger partial charge is 0.378 e. The predicted octanol–water partition coefficient (Wildman–Crippen LogP) is 4.69. The van der Waals surface area contributed by atoms with Crippen LogP contribution in [0.15, 0.2) is 46.3 Å². The fourth-order valence-electron chi connectivity index (χ4n) is 3.29. The van der Waals surface area contributed by atoms with Gasteiger partial charge >= 0.3 is 0 Å². The second-order valence-corrected chi connectivity index (χ2v) is 8.44. The Balaban J connectivity index is 1.54. The summed E-state index contributed by atoms with van der Waals surface area (Å²) in [6.07, 6.45) is 1.92. The molecule has 2 aliphatic heterocycles. The third-order valence-corrected chi connectivity index (χ3v) is 6.35. The second kappa shape index (κ2) is 8.61. The van der Waals surface area contributed by atoms with E-state index in [4.69, 9.17) is 16.3 Å². The van der Waals surface area contributed by atoms with Gasteiger partial charge in [-0.3, -0.25) is 4.79 Å². The van der Waals surface area contributed by atoms with E-state index < -0.39 is 0 Å². The number of halogens is 1. The molecule has 7 heteroatoms. The van der Waals surface area contributed by atoms with E-state index in [-0.39, 0.29) is 5.91 Å². The van der Waals surface area contributed by atoms with Gasteiger partial charge in [0.15, 0.2) is 5.17 Å². The molecule has 0 atom stereocenters. The first-order valence-electron chi connectivity index (χ1n) is 9.49. The summed E-state index contributed by atoms with van der Waals surface area (Å²) < 4.78 is 5.43. The molecule has 0 aliphatic carbocycles. The van der Waals surface area contributed by atoms with Crippen molar-refractivity contribution >= 4 is 51.9 Å². The fourth-order valence-corrected chi connectivity index (χ4v) is 4.28. The van der Waals surface area contributed by atoms with Crippen molar-refractivity contribution in [2.45, 2.75) is 13.8 Å². The number of carbonyl (C=O) groups is 1. The van der Waals surface area contributed by atoms with E-state index in [0.29, 0.717) is 15.1 Å². The number of nitrogens with one attached hydrogen (secondary N) is 1. The van der Waals surface area contributed by atoms with Gasteiger partial charge in [0, 0.05) is 23.8 Å². The number of ether oxygens (including phenoxy) is 1. The highest BCUT2D eigenvalue weighted by atomic mass is 35.5. The molecule has 2 heterocycles. The Morgan fingerprint density at radius 3 is 2.76 bits per heavy atom. The van der Waals surface area contributed by atoms with Gasteiger partial charge in [0.2, 0.25) is 0 Å². The Morgan fingerprint density at radius 2 is 2.00 bits per heavy atom. The molecule has 150 valence electrons. The molecule has 0 radical (unpaired) electrons. The van der Waals surface area contributed by atoms with Crippen molar-refractivity contribution in [3.8, 4) is 0 Å². The predicted molar refractivity (Wildman–Crippen MR) is 121 cm³/mol. The van der Waals surface area contributed by atoms with Crippen molar-refractivity contribution in [3.05, 3.63) is 63.0 Å². The maximum absolute atomic E-state index is 12.4. The van der Waals surface area contributed by atoms with Crippen molar-refractivity contribution in [2.24, 2.45) is 4.99 Å². The number of aliphatic imine (C=N–C) groups is 1. The van der Waals surface area contributed by atoms with Gasteiger partial charge in [-0.1, -0.05) is 23.7 Å². The van der Waals surface area contributed by atoms with Gasteiger partial charge in [-0.15, -0.1) is 0 Å². The van der Waals surface area contributed by atoms with Crippen LogP contribution in [0, 0.1) is 13.8 Å². The average Bonchev–Trinajstić information content (AvgIpc) is 3.06. The lowest BCUT2D eigenvalue weighted by molar-refractivity contribution is -0.115. The van der Waals surface area contributed by atoms with E-state index in [1.165, 1.54) is 17.4 Å². The topological polar surface area (TPSA) is 53.9 Å². The minimum Gasteiger partial charge on any atom is -0.378 e. The van der Waals surface area contributed by atoms with E-state index >= 15 is 0 Å². The van der Waals surface area contributed by atoms with Gasteiger partial charge in [0.25, 0.3) is 5.91 Å². The quantitative estimate of drug-likeness (QED) is 0.722. The fraction of sp³-hybridized carbons (Fsp3) is 0.273. The summed E-state index contributed by atoms with van der Waals surface area (Å²) in [4.78, 5) is 19.9. The van der Waals surface area contributed by atoms with Gasteiger partial charge in [-0.25, -0.2) is 4.99 Å². The van der Waals surface area contributed by atoms with Crippen LogP contribution in [0.5, 0.6) is 0 Å². The number of amides is 1. The molecule has 1 N–H and O–H groups in total. The Bertz CT molecular complexity index is 1010. The normalized spacial score (nSPS) is 19.8. The number of hydrogen-bond acceptors (Lipinski definition) is 5. The van der Waals surface area contributed by atoms with Crippen LogP contribution in [0.3, 0.4) is 0 Å². The monoisotopic (exact) mass is 427 g/mol. The summed E-state index contributed by atoms with van der Waals surface area (Å²) >= 11 is 7.51. The zero-order valence-corrected chi connectivity index (χ0v) is 17.9. The van der Waals surface area contributed by atoms with Gasteiger partial charge in [0.1, 0.15) is 0 Å². The molecule has 0 unspecified atom stereocenters. The summed E-state index contributed by atoms with van der Waals surface area (Å²) in [7, 11) is 0. The van der Waals surface area contributed by atoms with E-state index in [0.717, 1.165) is 48.7 Å². The van der Waals surface area contributed by atoms with Crippen LogP contribution in [0.25, 0.3) is 6.08 Å². The van der Waals surface area contributed by atoms with Crippen molar-refractivity contribution < 1.29 is 9.53 Å². The first kappa shape index (κ1) is 20.0. The Labute approximate surface area is 179 Å². The zero-order chi connectivity index (χ0) is 20.4. The molecule has 1 amide bonds. The maximum Gasteiger partial charge on any atom is 0.264 e. The van der Waals surface area contributed by atoms with Crippen LogP contribution >= 0.6 is 23.4 Å². The molecule has 2 fully saturated rings. The van der Waals surface area contributed by atoms with Crippen LogP contribution < -0.4 is 10.2 Å². The number of anilines is 1. The molecule has 0 spiro atoms. The van der Waals surface area contributed by atoms with Crippen LogP contribution in [0.1, 0.15) is 16.7 Å². The standard InChI is InChI=1S/C22H22ClN3O2S/c1-14-12-17(26-8-10-28-11-9-26)7-6-16(14)13-20-21(27)25-22(29-20)24-19-5-3-4-18(23)15(19)2/h3-7,12-13H,8-11H2,1-2H3,(H,24,25,27)/b20-13+. The number of amidine groups is 1. The first-order valence-corrected chi connectivity index (χ1v) is 10.7. The molecule has 2 aliphatic rings.